The minimum Gasteiger partial charge on any atom is -0.383 e. The van der Waals surface area contributed by atoms with E-state index in [1.807, 2.05) is 18.2 Å². The standard InChI is InChI=1S/C22H28N4O2/c1-28-15-12-23-22(27)17-10-13-26(14-11-17)21-18-8-5-9-19(18)24-20(25-21)16-6-3-2-4-7-16/h2-4,6-7,17H,5,8-15H2,1H3,(H,23,27). The number of piperidine rings is 1. The van der Waals surface area contributed by atoms with Gasteiger partial charge in [-0.05, 0) is 32.1 Å². The van der Waals surface area contributed by atoms with E-state index in [0.29, 0.717) is 13.2 Å². The van der Waals surface area contributed by atoms with Crippen molar-refractivity contribution in [1.82, 2.24) is 15.3 Å². The number of nitrogens with zero attached hydrogens (tertiary/aromatic N) is 3. The number of carbonyl (C=O) groups excluding carboxylic acids is 1. The smallest absolute Gasteiger partial charge is 0.223 e. The van der Waals surface area contributed by atoms with Gasteiger partial charge in [-0.25, -0.2) is 9.97 Å². The topological polar surface area (TPSA) is 67.3 Å². The third-order valence-electron chi connectivity index (χ3n) is 5.71. The molecule has 2 aliphatic rings. The van der Waals surface area contributed by atoms with Crippen LogP contribution >= 0.6 is 0 Å². The van der Waals surface area contributed by atoms with E-state index in [9.17, 15) is 4.79 Å². The molecule has 1 aliphatic heterocycles. The van der Waals surface area contributed by atoms with Gasteiger partial charge in [-0.3, -0.25) is 4.79 Å². The average molecular weight is 380 g/mol. The summed E-state index contributed by atoms with van der Waals surface area (Å²) in [5, 5.41) is 2.97. The van der Waals surface area contributed by atoms with E-state index in [-0.39, 0.29) is 11.8 Å². The molecule has 0 atom stereocenters. The molecule has 1 saturated heterocycles. The van der Waals surface area contributed by atoms with Crippen molar-refractivity contribution >= 4 is 11.7 Å². The number of aromatic nitrogens is 2. The van der Waals surface area contributed by atoms with E-state index in [4.69, 9.17) is 14.7 Å². The normalized spacial score (nSPS) is 16.8. The van der Waals surface area contributed by atoms with Gasteiger partial charge in [0.25, 0.3) is 0 Å². The highest BCUT2D eigenvalue weighted by Crippen LogP contribution is 2.33. The van der Waals surface area contributed by atoms with E-state index in [0.717, 1.165) is 62.4 Å². The van der Waals surface area contributed by atoms with E-state index in [2.05, 4.69) is 22.3 Å². The van der Waals surface area contributed by atoms with Crippen LogP contribution in [0.15, 0.2) is 30.3 Å². The quantitative estimate of drug-likeness (QED) is 0.781. The second kappa shape index (κ2) is 8.69. The maximum absolute atomic E-state index is 12.3. The minimum atomic E-state index is 0.0802. The van der Waals surface area contributed by atoms with Gasteiger partial charge in [-0.15, -0.1) is 0 Å². The molecule has 0 radical (unpaired) electrons. The van der Waals surface area contributed by atoms with Crippen molar-refractivity contribution in [3.8, 4) is 11.4 Å². The van der Waals surface area contributed by atoms with Crippen molar-refractivity contribution in [3.05, 3.63) is 41.6 Å². The molecular weight excluding hydrogens is 352 g/mol. The molecule has 2 heterocycles. The van der Waals surface area contributed by atoms with Crippen LogP contribution in [0.1, 0.15) is 30.5 Å². The number of carbonyl (C=O) groups is 1. The summed E-state index contributed by atoms with van der Waals surface area (Å²) >= 11 is 0. The van der Waals surface area contributed by atoms with Crippen LogP contribution in [0.2, 0.25) is 0 Å². The molecule has 1 N–H and O–H groups in total. The third-order valence-corrected chi connectivity index (χ3v) is 5.71. The average Bonchev–Trinajstić information content (AvgIpc) is 3.23. The lowest BCUT2D eigenvalue weighted by Gasteiger charge is -2.33. The Morgan fingerprint density at radius 3 is 2.71 bits per heavy atom. The zero-order valence-electron chi connectivity index (χ0n) is 16.5. The van der Waals surface area contributed by atoms with Crippen LogP contribution in [0.25, 0.3) is 11.4 Å². The Labute approximate surface area is 166 Å². The van der Waals surface area contributed by atoms with Gasteiger partial charge in [-0.2, -0.15) is 0 Å². The molecule has 6 heteroatoms. The fraction of sp³-hybridized carbons (Fsp3) is 0.500. The molecule has 0 spiro atoms. The van der Waals surface area contributed by atoms with Crippen molar-refractivity contribution in [2.45, 2.75) is 32.1 Å². The number of hydrogen-bond acceptors (Lipinski definition) is 5. The van der Waals surface area contributed by atoms with E-state index >= 15 is 0 Å². The molecule has 1 aromatic carbocycles. The van der Waals surface area contributed by atoms with Crippen molar-refractivity contribution in [2.24, 2.45) is 5.92 Å². The Bertz CT molecular complexity index is 817. The van der Waals surface area contributed by atoms with Gasteiger partial charge in [-0.1, -0.05) is 30.3 Å². The van der Waals surface area contributed by atoms with Gasteiger partial charge in [0.15, 0.2) is 5.82 Å². The number of rotatable bonds is 6. The van der Waals surface area contributed by atoms with Crippen LogP contribution in [0, 0.1) is 5.92 Å². The summed E-state index contributed by atoms with van der Waals surface area (Å²) in [6, 6.07) is 10.2. The fourth-order valence-corrected chi connectivity index (χ4v) is 4.16. The Balaban J connectivity index is 1.49. The van der Waals surface area contributed by atoms with Crippen LogP contribution in [-0.2, 0) is 22.4 Å². The largest absolute Gasteiger partial charge is 0.383 e. The second-order valence-electron chi connectivity index (χ2n) is 7.56. The summed E-state index contributed by atoms with van der Waals surface area (Å²) in [6.07, 6.45) is 4.95. The maximum Gasteiger partial charge on any atom is 0.223 e. The molecule has 0 saturated carbocycles. The van der Waals surface area contributed by atoms with Gasteiger partial charge in [0.2, 0.25) is 5.91 Å². The number of methoxy groups -OCH3 is 1. The summed E-state index contributed by atoms with van der Waals surface area (Å²) in [7, 11) is 1.65. The summed E-state index contributed by atoms with van der Waals surface area (Å²) in [4.78, 5) is 24.5. The molecule has 2 aromatic rings. The number of nitrogens with one attached hydrogen (secondary N) is 1. The Hall–Kier alpha value is -2.47. The van der Waals surface area contributed by atoms with Crippen molar-refractivity contribution in [2.75, 3.05) is 38.3 Å². The van der Waals surface area contributed by atoms with Crippen LogP contribution in [0.5, 0.6) is 0 Å². The summed E-state index contributed by atoms with van der Waals surface area (Å²) in [5.74, 6) is 2.13. The summed E-state index contributed by atoms with van der Waals surface area (Å²) < 4.78 is 5.01. The zero-order chi connectivity index (χ0) is 19.3. The van der Waals surface area contributed by atoms with Crippen molar-refractivity contribution in [1.29, 1.82) is 0 Å². The minimum absolute atomic E-state index is 0.0802. The molecule has 4 rings (SSSR count). The van der Waals surface area contributed by atoms with E-state index < -0.39 is 0 Å². The lowest BCUT2D eigenvalue weighted by molar-refractivity contribution is -0.125. The molecule has 1 fully saturated rings. The van der Waals surface area contributed by atoms with Crippen molar-refractivity contribution in [3.63, 3.8) is 0 Å². The van der Waals surface area contributed by atoms with Crippen LogP contribution < -0.4 is 10.2 Å². The molecule has 0 bridgehead atoms. The highest BCUT2D eigenvalue weighted by atomic mass is 16.5. The number of aryl methyl sites for hydroxylation is 1. The lowest BCUT2D eigenvalue weighted by Crippen LogP contribution is -2.42. The Morgan fingerprint density at radius 1 is 1.18 bits per heavy atom. The molecule has 1 aromatic heterocycles. The van der Waals surface area contributed by atoms with E-state index in [1.165, 1.54) is 11.3 Å². The molecule has 1 aliphatic carbocycles. The first-order valence-electron chi connectivity index (χ1n) is 10.2. The van der Waals surface area contributed by atoms with Gasteiger partial charge in [0.1, 0.15) is 5.82 Å². The fourth-order valence-electron chi connectivity index (χ4n) is 4.16. The molecule has 6 nitrogen and oxygen atoms in total. The molecule has 148 valence electrons. The number of amides is 1. The molecular formula is C22H28N4O2. The van der Waals surface area contributed by atoms with Crippen LogP contribution in [-0.4, -0.2) is 49.2 Å². The SMILES string of the molecule is COCCNC(=O)C1CCN(c2nc(-c3ccccc3)nc3c2CCC3)CC1. The van der Waals surface area contributed by atoms with Gasteiger partial charge in [0, 0.05) is 49.5 Å². The highest BCUT2D eigenvalue weighted by Gasteiger charge is 2.29. The molecule has 28 heavy (non-hydrogen) atoms. The first kappa shape index (κ1) is 18.9. The van der Waals surface area contributed by atoms with Gasteiger partial charge < -0.3 is 15.0 Å². The lowest BCUT2D eigenvalue weighted by atomic mass is 9.95. The number of benzene rings is 1. The summed E-state index contributed by atoms with van der Waals surface area (Å²) in [6.45, 7) is 2.86. The predicted molar refractivity (Wildman–Crippen MR) is 109 cm³/mol. The Morgan fingerprint density at radius 2 is 1.96 bits per heavy atom. The molecule has 0 unspecified atom stereocenters. The molecule has 1 amide bonds. The number of ether oxygens (including phenoxy) is 1. The maximum atomic E-state index is 12.3. The summed E-state index contributed by atoms with van der Waals surface area (Å²) in [5.41, 5.74) is 3.57. The van der Waals surface area contributed by atoms with Crippen molar-refractivity contribution < 1.29 is 9.53 Å². The third kappa shape index (κ3) is 4.02. The predicted octanol–water partition coefficient (Wildman–Crippen LogP) is 2.61. The van der Waals surface area contributed by atoms with Gasteiger partial charge >= 0.3 is 0 Å². The highest BCUT2D eigenvalue weighted by molar-refractivity contribution is 5.79. The number of fused-ring (bicyclic) bond motifs is 1. The first-order valence-corrected chi connectivity index (χ1v) is 10.2. The van der Waals surface area contributed by atoms with Crippen LogP contribution in [0.4, 0.5) is 5.82 Å². The van der Waals surface area contributed by atoms with Crippen LogP contribution in [0.3, 0.4) is 0 Å². The van der Waals surface area contributed by atoms with Gasteiger partial charge in [0.05, 0.1) is 6.61 Å². The monoisotopic (exact) mass is 380 g/mol. The Kier molecular flexibility index (Phi) is 5.86. The van der Waals surface area contributed by atoms with E-state index in [1.54, 1.807) is 7.11 Å². The first-order chi connectivity index (χ1) is 13.8. The number of hydrogen-bond donors (Lipinski definition) is 1. The second-order valence-corrected chi connectivity index (χ2v) is 7.56. The zero-order valence-corrected chi connectivity index (χ0v) is 16.5. The number of anilines is 1.